The molecule has 0 aromatic heterocycles. The van der Waals surface area contributed by atoms with Crippen LogP contribution in [0.5, 0.6) is 11.5 Å². The van der Waals surface area contributed by atoms with E-state index in [1.165, 1.54) is 0 Å². The number of aromatic carboxylic acids is 1. The fourth-order valence-electron chi connectivity index (χ4n) is 2.10. The number of hydrogen-bond donors (Lipinski definition) is 1. The number of carboxylic acids is 1. The van der Waals surface area contributed by atoms with Gasteiger partial charge in [0, 0.05) is 5.56 Å². The number of carboxylic acid groups (broad SMARTS) is 1. The molecule has 2 aromatic carbocycles. The lowest BCUT2D eigenvalue weighted by Crippen LogP contribution is -1.98. The lowest BCUT2D eigenvalue weighted by Gasteiger charge is -2.12. The summed E-state index contributed by atoms with van der Waals surface area (Å²) in [4.78, 5) is 11.2. The van der Waals surface area contributed by atoms with Gasteiger partial charge < -0.3 is 14.6 Å². The van der Waals surface area contributed by atoms with Gasteiger partial charge in [-0.15, -0.1) is 0 Å². The van der Waals surface area contributed by atoms with Crippen LogP contribution in [0.4, 0.5) is 0 Å². The molecule has 0 aliphatic carbocycles. The van der Waals surface area contributed by atoms with E-state index in [0.29, 0.717) is 11.5 Å². The molecule has 0 radical (unpaired) electrons. The first-order chi connectivity index (χ1) is 9.55. The monoisotopic (exact) mass is 272 g/mol. The van der Waals surface area contributed by atoms with Crippen LogP contribution in [0.1, 0.15) is 15.9 Å². The average molecular weight is 272 g/mol. The van der Waals surface area contributed by atoms with Crippen LogP contribution in [0, 0.1) is 6.92 Å². The van der Waals surface area contributed by atoms with Crippen LogP contribution in [0.15, 0.2) is 36.4 Å². The Morgan fingerprint density at radius 1 is 1.05 bits per heavy atom. The van der Waals surface area contributed by atoms with E-state index < -0.39 is 5.97 Å². The quantitative estimate of drug-likeness (QED) is 0.927. The van der Waals surface area contributed by atoms with Gasteiger partial charge in [0.05, 0.1) is 19.8 Å². The summed E-state index contributed by atoms with van der Waals surface area (Å²) in [6, 6.07) is 10.6. The summed E-state index contributed by atoms with van der Waals surface area (Å²) < 4.78 is 10.5. The molecule has 0 amide bonds. The third kappa shape index (κ3) is 2.74. The molecule has 0 atom stereocenters. The molecule has 0 saturated heterocycles. The standard InChI is InChI=1S/C16H16O4/c1-10-6-11(8-12(7-10)16(17)18)14-9-13(19-2)4-5-15(14)20-3/h4-9H,1-3H3,(H,17,18). The Hall–Kier alpha value is -2.49. The molecule has 0 saturated carbocycles. The van der Waals surface area contributed by atoms with Crippen molar-refractivity contribution in [1.82, 2.24) is 0 Å². The van der Waals surface area contributed by atoms with Crippen molar-refractivity contribution in [1.29, 1.82) is 0 Å². The van der Waals surface area contributed by atoms with Gasteiger partial charge in [-0.25, -0.2) is 4.79 Å². The molecule has 0 fully saturated rings. The van der Waals surface area contributed by atoms with Crippen molar-refractivity contribution in [3.8, 4) is 22.6 Å². The third-order valence-corrected chi connectivity index (χ3v) is 3.04. The molecule has 0 unspecified atom stereocenters. The SMILES string of the molecule is COc1ccc(OC)c(-c2cc(C)cc(C(=O)O)c2)c1. The van der Waals surface area contributed by atoms with Crippen molar-refractivity contribution in [3.05, 3.63) is 47.5 Å². The second-order valence-corrected chi connectivity index (χ2v) is 4.46. The van der Waals surface area contributed by atoms with Crippen molar-refractivity contribution < 1.29 is 19.4 Å². The highest BCUT2D eigenvalue weighted by Crippen LogP contribution is 2.34. The Kier molecular flexibility index (Phi) is 3.94. The number of methoxy groups -OCH3 is 2. The average Bonchev–Trinajstić information content (AvgIpc) is 2.45. The second-order valence-electron chi connectivity index (χ2n) is 4.46. The van der Waals surface area contributed by atoms with E-state index in [4.69, 9.17) is 14.6 Å². The highest BCUT2D eigenvalue weighted by atomic mass is 16.5. The Balaban J connectivity index is 2.63. The minimum absolute atomic E-state index is 0.255. The van der Waals surface area contributed by atoms with Crippen LogP contribution in [-0.2, 0) is 0 Å². The lowest BCUT2D eigenvalue weighted by molar-refractivity contribution is 0.0697. The maximum absolute atomic E-state index is 11.2. The van der Waals surface area contributed by atoms with Crippen LogP contribution < -0.4 is 9.47 Å². The van der Waals surface area contributed by atoms with E-state index >= 15 is 0 Å². The van der Waals surface area contributed by atoms with Gasteiger partial charge in [0.15, 0.2) is 0 Å². The first-order valence-electron chi connectivity index (χ1n) is 6.12. The largest absolute Gasteiger partial charge is 0.497 e. The second kappa shape index (κ2) is 5.65. The van der Waals surface area contributed by atoms with Crippen LogP contribution in [0.25, 0.3) is 11.1 Å². The number of rotatable bonds is 4. The lowest BCUT2D eigenvalue weighted by atomic mass is 9.99. The summed E-state index contributed by atoms with van der Waals surface area (Å²) >= 11 is 0. The molecule has 20 heavy (non-hydrogen) atoms. The van der Waals surface area contributed by atoms with E-state index in [-0.39, 0.29) is 5.56 Å². The van der Waals surface area contributed by atoms with E-state index in [2.05, 4.69) is 0 Å². The van der Waals surface area contributed by atoms with Gasteiger partial charge in [0.25, 0.3) is 0 Å². The Morgan fingerprint density at radius 2 is 1.80 bits per heavy atom. The highest BCUT2D eigenvalue weighted by molar-refractivity contribution is 5.90. The van der Waals surface area contributed by atoms with Gasteiger partial charge in [-0.2, -0.15) is 0 Å². The van der Waals surface area contributed by atoms with Crippen LogP contribution in [0.2, 0.25) is 0 Å². The predicted octanol–water partition coefficient (Wildman–Crippen LogP) is 3.38. The summed E-state index contributed by atoms with van der Waals surface area (Å²) in [7, 11) is 3.17. The van der Waals surface area contributed by atoms with Gasteiger partial charge >= 0.3 is 5.97 Å². The molecule has 104 valence electrons. The van der Waals surface area contributed by atoms with Gasteiger partial charge in [-0.1, -0.05) is 6.07 Å². The van der Waals surface area contributed by atoms with Crippen molar-refractivity contribution in [3.63, 3.8) is 0 Å². The Morgan fingerprint density at radius 3 is 2.40 bits per heavy atom. The molecule has 0 aliphatic rings. The van der Waals surface area contributed by atoms with E-state index in [0.717, 1.165) is 16.7 Å². The summed E-state index contributed by atoms with van der Waals surface area (Å²) in [5.74, 6) is 0.420. The number of aryl methyl sites for hydroxylation is 1. The smallest absolute Gasteiger partial charge is 0.335 e. The zero-order valence-electron chi connectivity index (χ0n) is 11.6. The molecular weight excluding hydrogens is 256 g/mol. The molecule has 4 heteroatoms. The van der Waals surface area contributed by atoms with Crippen LogP contribution >= 0.6 is 0 Å². The van der Waals surface area contributed by atoms with Gasteiger partial charge in [0.2, 0.25) is 0 Å². The van der Waals surface area contributed by atoms with Gasteiger partial charge in [0.1, 0.15) is 11.5 Å². The normalized spacial score (nSPS) is 10.2. The van der Waals surface area contributed by atoms with Gasteiger partial charge in [-0.05, 0) is 48.4 Å². The van der Waals surface area contributed by atoms with Crippen LogP contribution in [-0.4, -0.2) is 25.3 Å². The fourth-order valence-corrected chi connectivity index (χ4v) is 2.10. The fraction of sp³-hybridized carbons (Fsp3) is 0.188. The molecule has 0 aliphatic heterocycles. The molecular formula is C16H16O4. The zero-order chi connectivity index (χ0) is 14.7. The van der Waals surface area contributed by atoms with Crippen LogP contribution in [0.3, 0.4) is 0 Å². The molecule has 4 nitrogen and oxygen atoms in total. The van der Waals surface area contributed by atoms with Crippen molar-refractivity contribution in [2.24, 2.45) is 0 Å². The zero-order valence-corrected chi connectivity index (χ0v) is 11.6. The summed E-state index contributed by atoms with van der Waals surface area (Å²) in [5, 5.41) is 9.15. The summed E-state index contributed by atoms with van der Waals surface area (Å²) in [6.45, 7) is 1.86. The summed E-state index contributed by atoms with van der Waals surface area (Å²) in [5.41, 5.74) is 2.73. The minimum atomic E-state index is -0.947. The number of hydrogen-bond acceptors (Lipinski definition) is 3. The topological polar surface area (TPSA) is 55.8 Å². The maximum atomic E-state index is 11.2. The minimum Gasteiger partial charge on any atom is -0.497 e. The van der Waals surface area contributed by atoms with E-state index in [1.54, 1.807) is 38.5 Å². The van der Waals surface area contributed by atoms with Crippen molar-refractivity contribution >= 4 is 5.97 Å². The van der Waals surface area contributed by atoms with E-state index in [1.807, 2.05) is 19.1 Å². The summed E-state index contributed by atoms with van der Waals surface area (Å²) in [6.07, 6.45) is 0. The molecule has 2 rings (SSSR count). The van der Waals surface area contributed by atoms with Crippen molar-refractivity contribution in [2.45, 2.75) is 6.92 Å². The van der Waals surface area contributed by atoms with Gasteiger partial charge in [-0.3, -0.25) is 0 Å². The Labute approximate surface area is 117 Å². The Bertz CT molecular complexity index is 647. The molecule has 0 spiro atoms. The number of benzene rings is 2. The number of carbonyl (C=O) groups is 1. The third-order valence-electron chi connectivity index (χ3n) is 3.04. The molecule has 0 bridgehead atoms. The first kappa shape index (κ1) is 13.9. The predicted molar refractivity (Wildman–Crippen MR) is 76.7 cm³/mol. The first-order valence-corrected chi connectivity index (χ1v) is 6.12. The van der Waals surface area contributed by atoms with E-state index in [9.17, 15) is 4.79 Å². The highest BCUT2D eigenvalue weighted by Gasteiger charge is 2.11. The van der Waals surface area contributed by atoms with Crippen molar-refractivity contribution in [2.75, 3.05) is 14.2 Å². The molecule has 0 heterocycles. The maximum Gasteiger partial charge on any atom is 0.335 e. The molecule has 2 aromatic rings. The molecule has 1 N–H and O–H groups in total. The number of ether oxygens (including phenoxy) is 2.